The summed E-state index contributed by atoms with van der Waals surface area (Å²) in [6.45, 7) is 1.39. The zero-order chi connectivity index (χ0) is 10.1. The van der Waals surface area contributed by atoms with Gasteiger partial charge in [-0.2, -0.15) is 0 Å². The van der Waals surface area contributed by atoms with E-state index in [1.54, 1.807) is 0 Å². The summed E-state index contributed by atoms with van der Waals surface area (Å²) in [4.78, 5) is -0.152. The first-order valence-corrected chi connectivity index (χ1v) is 5.79. The summed E-state index contributed by atoms with van der Waals surface area (Å²) in [5, 5.41) is 0. The third kappa shape index (κ3) is 2.12. The van der Waals surface area contributed by atoms with Crippen molar-refractivity contribution in [2.45, 2.75) is 11.8 Å². The van der Waals surface area contributed by atoms with Crippen molar-refractivity contribution < 1.29 is 17.7 Å². The second-order valence-electron chi connectivity index (χ2n) is 2.76. The number of rotatable bonds is 2. The first kappa shape index (κ1) is 10.3. The summed E-state index contributed by atoms with van der Waals surface area (Å²) in [7, 11) is -4.71. The Morgan fingerprint density at radius 1 is 1.31 bits per heavy atom. The highest BCUT2D eigenvalue weighted by Crippen LogP contribution is 2.28. The molecule has 0 aliphatic heterocycles. The van der Waals surface area contributed by atoms with E-state index in [9.17, 15) is 17.7 Å². The van der Waals surface area contributed by atoms with Crippen molar-refractivity contribution in [2.75, 3.05) is 5.75 Å². The fourth-order valence-corrected chi connectivity index (χ4v) is 1.89. The Bertz CT molecular complexity index is 365. The van der Waals surface area contributed by atoms with Crippen LogP contribution < -0.4 is 0 Å². The molecule has 0 radical (unpaired) electrons. The van der Waals surface area contributed by atoms with Crippen LogP contribution in [0.25, 0.3) is 0 Å². The summed E-state index contributed by atoms with van der Waals surface area (Å²) < 4.78 is 42.6. The molecule has 13 heavy (non-hydrogen) atoms. The molecule has 0 aliphatic rings. The Morgan fingerprint density at radius 2 is 1.77 bits per heavy atom. The quantitative estimate of drug-likeness (QED) is 0.777. The van der Waals surface area contributed by atoms with E-state index in [0.29, 0.717) is 0 Å². The van der Waals surface area contributed by atoms with Gasteiger partial charge in [0.2, 0.25) is 0 Å². The monoisotopic (exact) mass is 206 g/mol. The maximum atomic E-state index is 12.5. The minimum Gasteiger partial charge on any atom is -0.304 e. The Morgan fingerprint density at radius 3 is 2.15 bits per heavy atom. The molecule has 1 rings (SSSR count). The van der Waals surface area contributed by atoms with Gasteiger partial charge in [0.25, 0.3) is 0 Å². The highest BCUT2D eigenvalue weighted by molar-refractivity contribution is 8.10. The molecular weight excluding hydrogens is 195 g/mol. The summed E-state index contributed by atoms with van der Waals surface area (Å²) in [5.41, 5.74) is 0. The minimum absolute atomic E-state index is 0.152. The van der Waals surface area contributed by atoms with Crippen molar-refractivity contribution in [1.29, 1.82) is 0 Å². The molecule has 0 spiro atoms. The van der Waals surface area contributed by atoms with Gasteiger partial charge in [0.1, 0.15) is 15.4 Å². The van der Waals surface area contributed by atoms with E-state index in [4.69, 9.17) is 0 Å². The molecule has 5 heteroatoms. The second-order valence-corrected chi connectivity index (χ2v) is 5.84. The molecule has 0 saturated heterocycles. The minimum atomic E-state index is -4.71. The van der Waals surface area contributed by atoms with E-state index >= 15 is 0 Å². The van der Waals surface area contributed by atoms with Crippen LogP contribution in [-0.4, -0.2) is 19.1 Å². The van der Waals surface area contributed by atoms with Gasteiger partial charge in [0.05, 0.1) is 4.90 Å². The molecule has 0 heterocycles. The Labute approximate surface area is 75.6 Å². The Kier molecular flexibility index (Phi) is 2.27. The van der Waals surface area contributed by atoms with E-state index in [0.717, 1.165) is 24.3 Å². The third-order valence-corrected chi connectivity index (χ3v) is 4.07. The van der Waals surface area contributed by atoms with Crippen LogP contribution in [0.3, 0.4) is 0 Å². The molecule has 2 N–H and O–H groups in total. The maximum Gasteiger partial charge on any atom is 0.123 e. The van der Waals surface area contributed by atoms with E-state index in [-0.39, 0.29) is 10.6 Å². The van der Waals surface area contributed by atoms with Crippen molar-refractivity contribution in [3.8, 4) is 0 Å². The summed E-state index contributed by atoms with van der Waals surface area (Å²) in [5.74, 6) is -0.814. The predicted molar refractivity (Wildman–Crippen MR) is 48.6 cm³/mol. The van der Waals surface area contributed by atoms with Gasteiger partial charge in [-0.05, 0) is 24.3 Å². The van der Waals surface area contributed by atoms with Crippen LogP contribution in [0.15, 0.2) is 29.2 Å². The van der Waals surface area contributed by atoms with Gasteiger partial charge in [0, 0.05) is 5.75 Å². The van der Waals surface area contributed by atoms with Crippen LogP contribution in [0.5, 0.6) is 0 Å². The van der Waals surface area contributed by atoms with Crippen molar-refractivity contribution in [3.63, 3.8) is 0 Å². The lowest BCUT2D eigenvalue weighted by molar-refractivity contribution is 0.391. The topological polar surface area (TPSA) is 57.5 Å². The molecule has 1 aromatic carbocycles. The summed E-state index contributed by atoms with van der Waals surface area (Å²) in [6, 6.07) is 4.28. The van der Waals surface area contributed by atoms with Gasteiger partial charge in [-0.25, -0.2) is 8.60 Å². The number of hydrogen-bond acceptors (Lipinski definition) is 1. The predicted octanol–water partition coefficient (Wildman–Crippen LogP) is 1.97. The molecule has 3 nitrogen and oxygen atoms in total. The van der Waals surface area contributed by atoms with E-state index in [1.165, 1.54) is 6.92 Å². The lowest BCUT2D eigenvalue weighted by Gasteiger charge is -2.29. The number of benzene rings is 1. The standard InChI is InChI=1S/C8H11FO3S/c1-2-13(10,11,12)8-5-3-7(9)4-6-8/h3-6H,2H2,1H3,(H2,10,11,12). The van der Waals surface area contributed by atoms with Crippen LogP contribution >= 0.6 is 0 Å². The first-order valence-electron chi connectivity index (χ1n) is 3.74. The molecule has 0 aromatic heterocycles. The highest BCUT2D eigenvalue weighted by Gasteiger charge is 2.29. The molecule has 0 unspecified atom stereocenters. The average molecular weight is 206 g/mol. The SMILES string of the molecule is CCS(=O)(O)(O)c1ccc(F)cc1. The zero-order valence-corrected chi connectivity index (χ0v) is 7.92. The van der Waals surface area contributed by atoms with Gasteiger partial charge < -0.3 is 9.11 Å². The molecule has 0 fully saturated rings. The van der Waals surface area contributed by atoms with Gasteiger partial charge in [0.15, 0.2) is 0 Å². The Balaban J connectivity index is 3.24. The zero-order valence-electron chi connectivity index (χ0n) is 7.11. The third-order valence-electron chi connectivity index (χ3n) is 1.81. The molecule has 0 bridgehead atoms. The van der Waals surface area contributed by atoms with Gasteiger partial charge in [-0.1, -0.05) is 6.92 Å². The molecule has 0 atom stereocenters. The first-order chi connectivity index (χ1) is 5.83. The largest absolute Gasteiger partial charge is 0.304 e. The van der Waals surface area contributed by atoms with Gasteiger partial charge in [-0.3, -0.25) is 0 Å². The van der Waals surface area contributed by atoms with Crippen LogP contribution in [-0.2, 0) is 9.63 Å². The lowest BCUT2D eigenvalue weighted by Crippen LogP contribution is -2.33. The molecule has 1 aromatic rings. The fraction of sp³-hybridized carbons (Fsp3) is 0.250. The van der Waals surface area contributed by atoms with Gasteiger partial charge >= 0.3 is 0 Å². The van der Waals surface area contributed by atoms with Crippen molar-refractivity contribution in [2.24, 2.45) is 0 Å². The van der Waals surface area contributed by atoms with Crippen LogP contribution in [0.4, 0.5) is 4.39 Å². The smallest absolute Gasteiger partial charge is 0.123 e. The van der Waals surface area contributed by atoms with Crippen LogP contribution in [0.1, 0.15) is 6.92 Å². The van der Waals surface area contributed by atoms with Crippen molar-refractivity contribution in [1.82, 2.24) is 0 Å². The number of hydrogen-bond donors (Lipinski definition) is 2. The maximum absolute atomic E-state index is 12.5. The van der Waals surface area contributed by atoms with Gasteiger partial charge in [-0.15, -0.1) is 0 Å². The molecule has 0 saturated carbocycles. The average Bonchev–Trinajstić information content (AvgIpc) is 2.05. The second kappa shape index (κ2) is 2.87. The van der Waals surface area contributed by atoms with E-state index < -0.39 is 15.4 Å². The van der Waals surface area contributed by atoms with Crippen molar-refractivity contribution >= 4 is 9.63 Å². The van der Waals surface area contributed by atoms with E-state index in [2.05, 4.69) is 0 Å². The fourth-order valence-electron chi connectivity index (χ4n) is 0.875. The molecular formula is C8H11FO3S. The van der Waals surface area contributed by atoms with Crippen LogP contribution in [0, 0.1) is 5.82 Å². The van der Waals surface area contributed by atoms with E-state index in [1.807, 2.05) is 0 Å². The molecule has 74 valence electrons. The van der Waals surface area contributed by atoms with Crippen LogP contribution in [0.2, 0.25) is 0 Å². The highest BCUT2D eigenvalue weighted by atomic mass is 32.3. The number of halogens is 1. The molecule has 0 aliphatic carbocycles. The van der Waals surface area contributed by atoms with Crippen molar-refractivity contribution in [3.05, 3.63) is 30.1 Å². The lowest BCUT2D eigenvalue weighted by atomic mass is 10.4. The normalized spacial score (nSPS) is 14.9. The summed E-state index contributed by atoms with van der Waals surface area (Å²) >= 11 is 0. The summed E-state index contributed by atoms with van der Waals surface area (Å²) in [6.07, 6.45) is 0. The molecule has 0 amide bonds. The Hall–Kier alpha value is -0.780.